The molecule has 14 heavy (non-hydrogen) atoms. The van der Waals surface area contributed by atoms with Crippen LogP contribution >= 0.6 is 0 Å². The molecule has 0 amide bonds. The first-order valence-corrected chi connectivity index (χ1v) is 4.44. The number of aliphatic carboxylic acids is 1. The quantitative estimate of drug-likeness (QED) is 0.806. The van der Waals surface area contributed by atoms with Gasteiger partial charge in [-0.05, 0) is 30.5 Å². The van der Waals surface area contributed by atoms with Gasteiger partial charge in [0.25, 0.3) is 0 Å². The van der Waals surface area contributed by atoms with Gasteiger partial charge in [-0.3, -0.25) is 4.79 Å². The molecule has 1 N–H and O–H groups in total. The molecule has 0 aliphatic carbocycles. The van der Waals surface area contributed by atoms with Gasteiger partial charge in [0, 0.05) is 0 Å². The minimum absolute atomic E-state index is 0.527. The molecule has 0 spiro atoms. The molecule has 76 valence electrons. The van der Waals surface area contributed by atoms with E-state index in [-0.39, 0.29) is 0 Å². The fourth-order valence-corrected chi connectivity index (χ4v) is 1.37. The van der Waals surface area contributed by atoms with Crippen molar-refractivity contribution in [2.45, 2.75) is 26.4 Å². The van der Waals surface area contributed by atoms with E-state index in [0.29, 0.717) is 11.1 Å². The lowest BCUT2D eigenvalue weighted by atomic mass is 9.95. The maximum Gasteiger partial charge on any atom is 0.310 e. The third-order valence-corrected chi connectivity index (χ3v) is 2.33. The van der Waals surface area contributed by atoms with Crippen molar-refractivity contribution in [3.05, 3.63) is 34.9 Å². The second-order valence-corrected chi connectivity index (χ2v) is 3.38. The Bertz CT molecular complexity index is 347. The van der Waals surface area contributed by atoms with Gasteiger partial charge in [-0.25, -0.2) is 4.39 Å². The predicted molar refractivity (Wildman–Crippen MR) is 52.0 cm³/mol. The molecule has 0 saturated carbocycles. The van der Waals surface area contributed by atoms with Crippen LogP contribution in [0.25, 0.3) is 0 Å². The van der Waals surface area contributed by atoms with E-state index in [0.717, 1.165) is 5.56 Å². The largest absolute Gasteiger partial charge is 0.481 e. The average molecular weight is 196 g/mol. The molecule has 0 heterocycles. The molecule has 0 aliphatic rings. The number of carbonyl (C=O) groups is 1. The topological polar surface area (TPSA) is 37.3 Å². The van der Waals surface area contributed by atoms with Crippen molar-refractivity contribution >= 4 is 5.97 Å². The molecule has 1 aromatic carbocycles. The molecule has 3 heteroatoms. The van der Waals surface area contributed by atoms with Gasteiger partial charge in [0.05, 0.1) is 5.92 Å². The highest BCUT2D eigenvalue weighted by molar-refractivity contribution is 5.76. The average Bonchev–Trinajstić information content (AvgIpc) is 2.17. The van der Waals surface area contributed by atoms with Gasteiger partial charge < -0.3 is 5.11 Å². The van der Waals surface area contributed by atoms with Crippen molar-refractivity contribution in [3.63, 3.8) is 0 Å². The first kappa shape index (κ1) is 10.7. The van der Waals surface area contributed by atoms with Crippen LogP contribution in [0.2, 0.25) is 0 Å². The van der Waals surface area contributed by atoms with Crippen LogP contribution in [0.3, 0.4) is 0 Å². The lowest BCUT2D eigenvalue weighted by Gasteiger charge is -2.11. The van der Waals surface area contributed by atoms with Crippen molar-refractivity contribution in [1.82, 2.24) is 0 Å². The number of aryl methyl sites for hydroxylation is 1. The number of rotatable bonds is 3. The Hall–Kier alpha value is -1.38. The van der Waals surface area contributed by atoms with Gasteiger partial charge in [-0.1, -0.05) is 18.2 Å². The summed E-state index contributed by atoms with van der Waals surface area (Å²) < 4.78 is 12.4. The summed E-state index contributed by atoms with van der Waals surface area (Å²) >= 11 is 0. The number of hydrogen-bond acceptors (Lipinski definition) is 1. The molecule has 0 aliphatic heterocycles. The Kier molecular flexibility index (Phi) is 3.23. The Balaban J connectivity index is 3.11. The zero-order valence-corrected chi connectivity index (χ0v) is 8.25. The maximum atomic E-state index is 12.4. The molecule has 0 fully saturated rings. The van der Waals surface area contributed by atoms with Crippen molar-refractivity contribution in [2.75, 3.05) is 0 Å². The van der Waals surface area contributed by atoms with Crippen molar-refractivity contribution in [3.8, 4) is 0 Å². The van der Waals surface area contributed by atoms with Crippen molar-refractivity contribution in [2.24, 2.45) is 0 Å². The molecular formula is C11H13FO2. The van der Waals surface area contributed by atoms with Gasteiger partial charge >= 0.3 is 5.97 Å². The minimum atomic E-state index is -0.885. The van der Waals surface area contributed by atoms with Gasteiger partial charge in [-0.15, -0.1) is 0 Å². The van der Waals surface area contributed by atoms with E-state index >= 15 is 0 Å². The summed E-state index contributed by atoms with van der Waals surface area (Å²) in [6.07, 6.45) is 0. The Morgan fingerprint density at radius 3 is 2.71 bits per heavy atom. The predicted octanol–water partition coefficient (Wildman–Crippen LogP) is 2.65. The first-order valence-electron chi connectivity index (χ1n) is 4.44. The SMILES string of the molecule is Cc1ccc(CF)cc1C(C)C(=O)O. The number of benzene rings is 1. The lowest BCUT2D eigenvalue weighted by Crippen LogP contribution is -2.09. The van der Waals surface area contributed by atoms with Crippen LogP contribution in [0.15, 0.2) is 18.2 Å². The zero-order chi connectivity index (χ0) is 10.7. The summed E-state index contributed by atoms with van der Waals surface area (Å²) in [6.45, 7) is 2.88. The summed E-state index contributed by atoms with van der Waals surface area (Å²) in [6, 6.07) is 5.05. The number of carboxylic acid groups (broad SMARTS) is 1. The monoisotopic (exact) mass is 196 g/mol. The molecular weight excluding hydrogens is 183 g/mol. The summed E-state index contributed by atoms with van der Waals surface area (Å²) in [5, 5.41) is 8.83. The fraction of sp³-hybridized carbons (Fsp3) is 0.364. The van der Waals surface area contributed by atoms with E-state index in [1.54, 1.807) is 25.1 Å². The van der Waals surface area contributed by atoms with E-state index in [1.807, 2.05) is 6.92 Å². The van der Waals surface area contributed by atoms with Crippen molar-refractivity contribution in [1.29, 1.82) is 0 Å². The summed E-state index contributed by atoms with van der Waals surface area (Å²) in [5.41, 5.74) is 2.10. The third-order valence-electron chi connectivity index (χ3n) is 2.33. The van der Waals surface area contributed by atoms with Gasteiger partial charge in [0.1, 0.15) is 6.67 Å². The van der Waals surface area contributed by atoms with Crippen molar-refractivity contribution < 1.29 is 14.3 Å². The third kappa shape index (κ3) is 2.10. The number of alkyl halides is 1. The summed E-state index contributed by atoms with van der Waals surface area (Å²) in [7, 11) is 0. The minimum Gasteiger partial charge on any atom is -0.481 e. The number of hydrogen-bond donors (Lipinski definition) is 1. The highest BCUT2D eigenvalue weighted by Crippen LogP contribution is 2.21. The van der Waals surface area contributed by atoms with Crippen LogP contribution in [0, 0.1) is 6.92 Å². The van der Waals surface area contributed by atoms with Crippen LogP contribution in [0.1, 0.15) is 29.5 Å². The van der Waals surface area contributed by atoms with Gasteiger partial charge in [0.15, 0.2) is 0 Å². The van der Waals surface area contributed by atoms with E-state index in [1.165, 1.54) is 0 Å². The maximum absolute atomic E-state index is 12.4. The molecule has 0 saturated heterocycles. The first-order chi connectivity index (χ1) is 6.56. The molecule has 1 atom stereocenters. The van der Waals surface area contributed by atoms with E-state index in [2.05, 4.69) is 0 Å². The molecule has 0 bridgehead atoms. The zero-order valence-electron chi connectivity index (χ0n) is 8.25. The number of carboxylic acids is 1. The van der Waals surface area contributed by atoms with Crippen LogP contribution < -0.4 is 0 Å². The highest BCUT2D eigenvalue weighted by atomic mass is 19.1. The van der Waals surface area contributed by atoms with Crippen LogP contribution in [0.4, 0.5) is 4.39 Å². The Labute approximate surface area is 82.4 Å². The molecule has 0 radical (unpaired) electrons. The normalized spacial score (nSPS) is 12.5. The molecule has 0 aromatic heterocycles. The van der Waals surface area contributed by atoms with E-state index < -0.39 is 18.6 Å². The Morgan fingerprint density at radius 1 is 1.57 bits per heavy atom. The summed E-state index contributed by atoms with van der Waals surface area (Å²) in [4.78, 5) is 10.8. The fourth-order valence-electron chi connectivity index (χ4n) is 1.37. The molecule has 1 aromatic rings. The highest BCUT2D eigenvalue weighted by Gasteiger charge is 2.15. The van der Waals surface area contributed by atoms with E-state index in [9.17, 15) is 9.18 Å². The molecule has 1 unspecified atom stereocenters. The standard InChI is InChI=1S/C11H13FO2/c1-7-3-4-9(6-12)5-10(7)8(2)11(13)14/h3-5,8H,6H2,1-2H3,(H,13,14). The van der Waals surface area contributed by atoms with Gasteiger partial charge in [0.2, 0.25) is 0 Å². The van der Waals surface area contributed by atoms with Crippen LogP contribution in [0.5, 0.6) is 0 Å². The van der Waals surface area contributed by atoms with Crippen LogP contribution in [-0.4, -0.2) is 11.1 Å². The van der Waals surface area contributed by atoms with Gasteiger partial charge in [-0.2, -0.15) is 0 Å². The second-order valence-electron chi connectivity index (χ2n) is 3.38. The second kappa shape index (κ2) is 4.22. The lowest BCUT2D eigenvalue weighted by molar-refractivity contribution is -0.138. The molecule has 2 nitrogen and oxygen atoms in total. The Morgan fingerprint density at radius 2 is 2.21 bits per heavy atom. The smallest absolute Gasteiger partial charge is 0.310 e. The number of halogens is 1. The van der Waals surface area contributed by atoms with Crippen LogP contribution in [-0.2, 0) is 11.5 Å². The molecule has 1 rings (SSSR count). The summed E-state index contributed by atoms with van der Waals surface area (Å²) in [5.74, 6) is -1.47. The van der Waals surface area contributed by atoms with E-state index in [4.69, 9.17) is 5.11 Å².